The molecule has 0 radical (unpaired) electrons. The molecule has 0 aliphatic heterocycles. The molecule has 0 aromatic carbocycles. The van der Waals surface area contributed by atoms with Crippen LogP contribution < -0.4 is 10.1 Å². The van der Waals surface area contributed by atoms with Gasteiger partial charge in [-0.1, -0.05) is 25.7 Å². The molecule has 2 atom stereocenters. The van der Waals surface area contributed by atoms with Crippen molar-refractivity contribution in [3.8, 4) is 5.75 Å². The summed E-state index contributed by atoms with van der Waals surface area (Å²) in [7, 11) is 4.03. The van der Waals surface area contributed by atoms with Crippen LogP contribution in [0.15, 0.2) is 12.4 Å². The molecule has 1 heterocycles. The summed E-state index contributed by atoms with van der Waals surface area (Å²) < 4.78 is 8.04. The van der Waals surface area contributed by atoms with Gasteiger partial charge in [-0.3, -0.25) is 4.68 Å². The highest BCUT2D eigenvalue weighted by Crippen LogP contribution is 2.52. The molecule has 2 aliphatic carbocycles. The molecular weight excluding hydrogens is 238 g/mol. The van der Waals surface area contributed by atoms with Crippen LogP contribution in [0, 0.1) is 5.41 Å². The summed E-state index contributed by atoms with van der Waals surface area (Å²) in [4.78, 5) is 0. The SMILES string of the molecule is CNC1CC(Oc2cnn(C)c2)C12CCCCCC2. The highest BCUT2D eigenvalue weighted by molar-refractivity contribution is 5.17. The Kier molecular flexibility index (Phi) is 3.52. The first-order valence-corrected chi connectivity index (χ1v) is 7.57. The van der Waals surface area contributed by atoms with Crippen molar-refractivity contribution in [3.63, 3.8) is 0 Å². The van der Waals surface area contributed by atoms with Gasteiger partial charge in [0.05, 0.1) is 12.4 Å². The summed E-state index contributed by atoms with van der Waals surface area (Å²) >= 11 is 0. The summed E-state index contributed by atoms with van der Waals surface area (Å²) in [6.45, 7) is 0. The largest absolute Gasteiger partial charge is 0.486 e. The van der Waals surface area contributed by atoms with E-state index in [0.717, 1.165) is 12.2 Å². The van der Waals surface area contributed by atoms with Crippen LogP contribution in [0.25, 0.3) is 0 Å². The van der Waals surface area contributed by atoms with E-state index in [9.17, 15) is 0 Å². The number of hydrogen-bond donors (Lipinski definition) is 1. The van der Waals surface area contributed by atoms with Crippen molar-refractivity contribution < 1.29 is 4.74 Å². The molecule has 2 fully saturated rings. The first kappa shape index (κ1) is 13.0. The van der Waals surface area contributed by atoms with Crippen molar-refractivity contribution in [2.45, 2.75) is 57.1 Å². The van der Waals surface area contributed by atoms with E-state index in [4.69, 9.17) is 4.74 Å². The first-order chi connectivity index (χ1) is 9.24. The van der Waals surface area contributed by atoms with Gasteiger partial charge < -0.3 is 10.1 Å². The third kappa shape index (κ3) is 2.27. The normalized spacial score (nSPS) is 29.8. The van der Waals surface area contributed by atoms with Gasteiger partial charge in [0, 0.05) is 24.9 Å². The second kappa shape index (κ2) is 5.16. The molecule has 3 rings (SSSR count). The molecule has 1 aromatic rings. The number of nitrogens with one attached hydrogen (secondary N) is 1. The second-order valence-corrected chi connectivity index (χ2v) is 6.18. The molecule has 4 heteroatoms. The zero-order valence-electron chi connectivity index (χ0n) is 12.1. The lowest BCUT2D eigenvalue weighted by molar-refractivity contribution is -0.0882. The Bertz CT molecular complexity index is 421. The van der Waals surface area contributed by atoms with Crippen LogP contribution in [0.2, 0.25) is 0 Å². The topological polar surface area (TPSA) is 39.1 Å². The molecule has 2 unspecified atom stereocenters. The Morgan fingerprint density at radius 2 is 2.05 bits per heavy atom. The van der Waals surface area contributed by atoms with Crippen molar-refractivity contribution in [1.29, 1.82) is 0 Å². The van der Waals surface area contributed by atoms with Gasteiger partial charge in [0.1, 0.15) is 6.10 Å². The highest BCUT2D eigenvalue weighted by Gasteiger charge is 2.55. The van der Waals surface area contributed by atoms with Gasteiger partial charge in [-0.25, -0.2) is 0 Å². The van der Waals surface area contributed by atoms with Gasteiger partial charge in [-0.2, -0.15) is 5.10 Å². The smallest absolute Gasteiger partial charge is 0.157 e. The minimum Gasteiger partial charge on any atom is -0.486 e. The van der Waals surface area contributed by atoms with Crippen LogP contribution in [0.5, 0.6) is 5.75 Å². The van der Waals surface area contributed by atoms with Crippen molar-refractivity contribution in [1.82, 2.24) is 15.1 Å². The Hall–Kier alpha value is -1.03. The number of ether oxygens (including phenoxy) is 1. The number of nitrogens with zero attached hydrogens (tertiary/aromatic N) is 2. The van der Waals surface area contributed by atoms with Gasteiger partial charge in [0.2, 0.25) is 0 Å². The average Bonchev–Trinajstić information content (AvgIpc) is 2.67. The molecule has 106 valence electrons. The third-order valence-corrected chi connectivity index (χ3v) is 5.13. The Labute approximate surface area is 115 Å². The van der Waals surface area contributed by atoms with Crippen LogP contribution in [-0.4, -0.2) is 29.0 Å². The summed E-state index contributed by atoms with van der Waals surface area (Å²) in [5.74, 6) is 0.922. The van der Waals surface area contributed by atoms with Gasteiger partial charge in [-0.15, -0.1) is 0 Å². The zero-order chi connectivity index (χ0) is 13.3. The zero-order valence-corrected chi connectivity index (χ0v) is 12.1. The van der Waals surface area contributed by atoms with E-state index in [0.29, 0.717) is 17.6 Å². The van der Waals surface area contributed by atoms with Crippen molar-refractivity contribution in [2.75, 3.05) is 7.05 Å². The molecule has 0 saturated heterocycles. The molecule has 1 spiro atoms. The minimum atomic E-state index is 0.362. The van der Waals surface area contributed by atoms with Crippen molar-refractivity contribution in [2.24, 2.45) is 12.5 Å². The number of rotatable bonds is 3. The predicted molar refractivity (Wildman–Crippen MR) is 75.2 cm³/mol. The van der Waals surface area contributed by atoms with E-state index in [2.05, 4.69) is 17.5 Å². The first-order valence-electron chi connectivity index (χ1n) is 7.57. The summed E-state index contributed by atoms with van der Waals surface area (Å²) in [5, 5.41) is 7.71. The Morgan fingerprint density at radius 3 is 2.63 bits per heavy atom. The van der Waals surface area contributed by atoms with Crippen LogP contribution in [0.1, 0.15) is 44.9 Å². The van der Waals surface area contributed by atoms with Crippen LogP contribution in [-0.2, 0) is 7.05 Å². The molecule has 0 amide bonds. The molecule has 1 aromatic heterocycles. The minimum absolute atomic E-state index is 0.362. The fraction of sp³-hybridized carbons (Fsp3) is 0.800. The van der Waals surface area contributed by atoms with E-state index in [1.165, 1.54) is 38.5 Å². The summed E-state index contributed by atoms with van der Waals surface area (Å²) in [6, 6.07) is 0.632. The van der Waals surface area contributed by atoms with E-state index in [1.807, 2.05) is 24.1 Å². The second-order valence-electron chi connectivity index (χ2n) is 6.18. The van der Waals surface area contributed by atoms with Crippen LogP contribution in [0.3, 0.4) is 0 Å². The Morgan fingerprint density at radius 1 is 1.32 bits per heavy atom. The van der Waals surface area contributed by atoms with E-state index in [-0.39, 0.29) is 0 Å². The molecule has 2 saturated carbocycles. The Balaban J connectivity index is 1.73. The molecular formula is C15H25N3O. The maximum atomic E-state index is 6.23. The van der Waals surface area contributed by atoms with Gasteiger partial charge in [0.15, 0.2) is 5.75 Å². The van der Waals surface area contributed by atoms with E-state index in [1.54, 1.807) is 0 Å². The van der Waals surface area contributed by atoms with E-state index >= 15 is 0 Å². The van der Waals surface area contributed by atoms with Gasteiger partial charge >= 0.3 is 0 Å². The standard InChI is InChI=1S/C15H25N3O/c1-16-13-9-14(19-12-10-17-18(2)11-12)15(13)7-5-3-4-6-8-15/h10-11,13-14,16H,3-9H2,1-2H3. The monoisotopic (exact) mass is 263 g/mol. The predicted octanol–water partition coefficient (Wildman–Crippen LogP) is 2.50. The van der Waals surface area contributed by atoms with Crippen molar-refractivity contribution >= 4 is 0 Å². The molecule has 19 heavy (non-hydrogen) atoms. The lowest BCUT2D eigenvalue weighted by Crippen LogP contribution is -2.64. The van der Waals surface area contributed by atoms with Crippen LogP contribution >= 0.6 is 0 Å². The number of aromatic nitrogens is 2. The average molecular weight is 263 g/mol. The fourth-order valence-electron chi connectivity index (χ4n) is 4.00. The highest BCUT2D eigenvalue weighted by atomic mass is 16.5. The molecule has 4 nitrogen and oxygen atoms in total. The molecule has 0 bridgehead atoms. The lowest BCUT2D eigenvalue weighted by Gasteiger charge is -2.55. The van der Waals surface area contributed by atoms with Crippen LogP contribution in [0.4, 0.5) is 0 Å². The number of aryl methyl sites for hydroxylation is 1. The molecule has 2 aliphatic rings. The third-order valence-electron chi connectivity index (χ3n) is 5.13. The van der Waals surface area contributed by atoms with Crippen molar-refractivity contribution in [3.05, 3.63) is 12.4 Å². The number of hydrogen-bond acceptors (Lipinski definition) is 3. The van der Waals surface area contributed by atoms with Gasteiger partial charge in [-0.05, 0) is 19.9 Å². The fourth-order valence-corrected chi connectivity index (χ4v) is 4.00. The van der Waals surface area contributed by atoms with E-state index < -0.39 is 0 Å². The summed E-state index contributed by atoms with van der Waals surface area (Å²) in [6.07, 6.45) is 13.4. The van der Waals surface area contributed by atoms with Gasteiger partial charge in [0.25, 0.3) is 0 Å². The quantitative estimate of drug-likeness (QED) is 0.910. The maximum absolute atomic E-state index is 6.23. The molecule has 1 N–H and O–H groups in total. The summed E-state index contributed by atoms with van der Waals surface area (Å²) in [5.41, 5.74) is 0.362. The lowest BCUT2D eigenvalue weighted by atomic mass is 9.58. The maximum Gasteiger partial charge on any atom is 0.157 e.